The average Bonchev–Trinajstić information content (AvgIpc) is 2.92. The van der Waals surface area contributed by atoms with Crippen LogP contribution in [0.1, 0.15) is 17.4 Å². The van der Waals surface area contributed by atoms with Crippen molar-refractivity contribution in [3.05, 3.63) is 52.2 Å². The van der Waals surface area contributed by atoms with E-state index in [0.29, 0.717) is 12.6 Å². The molecule has 0 aliphatic heterocycles. The van der Waals surface area contributed by atoms with Crippen LogP contribution in [0.2, 0.25) is 0 Å². The van der Waals surface area contributed by atoms with E-state index in [9.17, 15) is 0 Å². The molecule has 1 atom stereocenters. The summed E-state index contributed by atoms with van der Waals surface area (Å²) in [6.07, 6.45) is 2.05. The van der Waals surface area contributed by atoms with Gasteiger partial charge in [0.05, 0.1) is 0 Å². The van der Waals surface area contributed by atoms with Crippen molar-refractivity contribution in [2.45, 2.75) is 25.8 Å². The Labute approximate surface area is 119 Å². The number of hydrogen-bond acceptors (Lipinski definition) is 3. The van der Waals surface area contributed by atoms with Gasteiger partial charge in [0, 0.05) is 30.1 Å². The zero-order chi connectivity index (χ0) is 13.7. The largest absolute Gasteiger partial charge is 0.372 e. The molecule has 1 aromatic heterocycles. The SMILES string of the molecule is CC(Cc1cccs1)N(C)c1ccc(CCN)cc1. The van der Waals surface area contributed by atoms with Gasteiger partial charge in [-0.25, -0.2) is 0 Å². The Hall–Kier alpha value is -1.32. The number of hydrogen-bond donors (Lipinski definition) is 1. The van der Waals surface area contributed by atoms with Crippen LogP contribution >= 0.6 is 11.3 Å². The molecule has 0 aliphatic rings. The normalized spacial score (nSPS) is 12.4. The summed E-state index contributed by atoms with van der Waals surface area (Å²) in [5, 5.41) is 2.14. The molecule has 19 heavy (non-hydrogen) atoms. The highest BCUT2D eigenvalue weighted by Crippen LogP contribution is 2.20. The fourth-order valence-corrected chi connectivity index (χ4v) is 3.00. The van der Waals surface area contributed by atoms with E-state index in [2.05, 4.69) is 60.6 Å². The van der Waals surface area contributed by atoms with Gasteiger partial charge in [0.2, 0.25) is 0 Å². The van der Waals surface area contributed by atoms with Crippen LogP contribution in [0, 0.1) is 0 Å². The molecule has 0 bridgehead atoms. The van der Waals surface area contributed by atoms with Gasteiger partial charge in [0.15, 0.2) is 0 Å². The highest BCUT2D eigenvalue weighted by Gasteiger charge is 2.11. The van der Waals surface area contributed by atoms with E-state index in [1.165, 1.54) is 16.1 Å². The Bertz CT molecular complexity index is 476. The summed E-state index contributed by atoms with van der Waals surface area (Å²) in [5.41, 5.74) is 8.15. The van der Waals surface area contributed by atoms with E-state index in [0.717, 1.165) is 12.8 Å². The van der Waals surface area contributed by atoms with Crippen molar-refractivity contribution in [3.8, 4) is 0 Å². The van der Waals surface area contributed by atoms with Crippen molar-refractivity contribution in [2.24, 2.45) is 5.73 Å². The van der Waals surface area contributed by atoms with E-state index in [1.807, 2.05) is 11.3 Å². The van der Waals surface area contributed by atoms with Gasteiger partial charge in [-0.2, -0.15) is 0 Å². The lowest BCUT2D eigenvalue weighted by molar-refractivity contribution is 0.688. The molecular formula is C16H22N2S. The highest BCUT2D eigenvalue weighted by molar-refractivity contribution is 7.09. The molecule has 0 spiro atoms. The maximum absolute atomic E-state index is 5.57. The summed E-state index contributed by atoms with van der Waals surface area (Å²) < 4.78 is 0. The first-order valence-electron chi connectivity index (χ1n) is 6.75. The molecule has 1 heterocycles. The summed E-state index contributed by atoms with van der Waals surface area (Å²) in [6, 6.07) is 13.6. The summed E-state index contributed by atoms with van der Waals surface area (Å²) in [5.74, 6) is 0. The van der Waals surface area contributed by atoms with Gasteiger partial charge in [0.1, 0.15) is 0 Å². The van der Waals surface area contributed by atoms with Gasteiger partial charge in [-0.15, -0.1) is 11.3 Å². The van der Waals surface area contributed by atoms with Crippen molar-refractivity contribution in [1.82, 2.24) is 0 Å². The summed E-state index contributed by atoms with van der Waals surface area (Å²) in [7, 11) is 2.16. The van der Waals surface area contributed by atoms with E-state index in [1.54, 1.807) is 0 Å². The molecule has 0 fully saturated rings. The van der Waals surface area contributed by atoms with Crippen molar-refractivity contribution in [3.63, 3.8) is 0 Å². The van der Waals surface area contributed by atoms with E-state index < -0.39 is 0 Å². The Kier molecular flexibility index (Phi) is 5.00. The monoisotopic (exact) mass is 274 g/mol. The Morgan fingerprint density at radius 3 is 2.53 bits per heavy atom. The Morgan fingerprint density at radius 2 is 1.95 bits per heavy atom. The Morgan fingerprint density at radius 1 is 1.21 bits per heavy atom. The lowest BCUT2D eigenvalue weighted by Gasteiger charge is -2.27. The van der Waals surface area contributed by atoms with Crippen LogP contribution in [-0.4, -0.2) is 19.6 Å². The summed E-state index contributed by atoms with van der Waals surface area (Å²) in [4.78, 5) is 3.78. The molecular weight excluding hydrogens is 252 g/mol. The van der Waals surface area contributed by atoms with Crippen LogP contribution in [-0.2, 0) is 12.8 Å². The quantitative estimate of drug-likeness (QED) is 0.875. The number of nitrogens with zero attached hydrogens (tertiary/aromatic N) is 1. The maximum atomic E-state index is 5.57. The van der Waals surface area contributed by atoms with E-state index in [4.69, 9.17) is 5.73 Å². The molecule has 0 radical (unpaired) electrons. The molecule has 2 rings (SSSR count). The smallest absolute Gasteiger partial charge is 0.0366 e. The van der Waals surface area contributed by atoms with Crippen molar-refractivity contribution >= 4 is 17.0 Å². The molecule has 2 N–H and O–H groups in total. The number of nitrogens with two attached hydrogens (primary N) is 1. The number of anilines is 1. The van der Waals surface area contributed by atoms with Gasteiger partial charge in [-0.1, -0.05) is 18.2 Å². The minimum Gasteiger partial charge on any atom is -0.372 e. The van der Waals surface area contributed by atoms with Gasteiger partial charge in [-0.05, 0) is 49.0 Å². The van der Waals surface area contributed by atoms with Crippen LogP contribution in [0.5, 0.6) is 0 Å². The molecule has 102 valence electrons. The van der Waals surface area contributed by atoms with E-state index in [-0.39, 0.29) is 0 Å². The second-order valence-electron chi connectivity index (χ2n) is 4.95. The van der Waals surface area contributed by atoms with Crippen LogP contribution in [0.15, 0.2) is 41.8 Å². The van der Waals surface area contributed by atoms with E-state index >= 15 is 0 Å². The van der Waals surface area contributed by atoms with Crippen LogP contribution in [0.25, 0.3) is 0 Å². The predicted octanol–water partition coefficient (Wildman–Crippen LogP) is 3.32. The van der Waals surface area contributed by atoms with Crippen LogP contribution < -0.4 is 10.6 Å². The predicted molar refractivity (Wildman–Crippen MR) is 85.1 cm³/mol. The molecule has 0 aliphatic carbocycles. The number of rotatable bonds is 6. The number of likely N-dealkylation sites (N-methyl/N-ethyl adjacent to an activating group) is 1. The first kappa shape index (κ1) is 14.1. The maximum Gasteiger partial charge on any atom is 0.0366 e. The summed E-state index contributed by atoms with van der Waals surface area (Å²) in [6.45, 7) is 2.98. The van der Waals surface area contributed by atoms with Gasteiger partial charge in [-0.3, -0.25) is 0 Å². The molecule has 0 saturated heterocycles. The third-order valence-electron chi connectivity index (χ3n) is 3.51. The zero-order valence-corrected chi connectivity index (χ0v) is 12.5. The molecule has 0 amide bonds. The summed E-state index contributed by atoms with van der Waals surface area (Å²) >= 11 is 1.83. The lowest BCUT2D eigenvalue weighted by Crippen LogP contribution is -2.30. The third-order valence-corrected chi connectivity index (χ3v) is 4.41. The molecule has 0 saturated carbocycles. The minimum absolute atomic E-state index is 0.499. The van der Waals surface area contributed by atoms with Crippen LogP contribution in [0.4, 0.5) is 5.69 Å². The van der Waals surface area contributed by atoms with Gasteiger partial charge in [0.25, 0.3) is 0 Å². The molecule has 1 aromatic carbocycles. The molecule has 2 nitrogen and oxygen atoms in total. The van der Waals surface area contributed by atoms with Crippen molar-refractivity contribution < 1.29 is 0 Å². The second kappa shape index (κ2) is 6.73. The van der Waals surface area contributed by atoms with Gasteiger partial charge < -0.3 is 10.6 Å². The molecule has 3 heteroatoms. The minimum atomic E-state index is 0.499. The molecule has 1 unspecified atom stereocenters. The number of benzene rings is 1. The topological polar surface area (TPSA) is 29.3 Å². The lowest BCUT2D eigenvalue weighted by atomic mass is 10.1. The first-order valence-corrected chi connectivity index (χ1v) is 7.63. The van der Waals surface area contributed by atoms with Gasteiger partial charge >= 0.3 is 0 Å². The fraction of sp³-hybridized carbons (Fsp3) is 0.375. The third kappa shape index (κ3) is 3.82. The first-order chi connectivity index (χ1) is 9.20. The van der Waals surface area contributed by atoms with Crippen molar-refractivity contribution in [1.29, 1.82) is 0 Å². The van der Waals surface area contributed by atoms with Crippen molar-refractivity contribution in [2.75, 3.05) is 18.5 Å². The average molecular weight is 274 g/mol. The van der Waals surface area contributed by atoms with Crippen LogP contribution in [0.3, 0.4) is 0 Å². The Balaban J connectivity index is 1.99. The standard InChI is InChI=1S/C16H22N2S/c1-13(12-16-4-3-11-19-16)18(2)15-7-5-14(6-8-15)9-10-17/h3-8,11,13H,9-10,12,17H2,1-2H3. The molecule has 2 aromatic rings. The number of thiophene rings is 1. The highest BCUT2D eigenvalue weighted by atomic mass is 32.1. The zero-order valence-electron chi connectivity index (χ0n) is 11.7. The fourth-order valence-electron chi connectivity index (χ4n) is 2.18. The second-order valence-corrected chi connectivity index (χ2v) is 5.98.